The SMILES string of the molecule is CCCCCCCC/C=C\CCCC(CCCCCCCC(=O)O)OC(=O)CCCCCCCCCCCCCCCCCCCCCCCCC. The Labute approximate surface area is 325 Å². The first-order chi connectivity index (χ1) is 25.6. The fourth-order valence-electron chi connectivity index (χ4n) is 7.48. The van der Waals surface area contributed by atoms with Crippen molar-refractivity contribution in [2.45, 2.75) is 283 Å². The molecule has 0 spiro atoms. The first-order valence-electron chi connectivity index (χ1n) is 23.7. The van der Waals surface area contributed by atoms with E-state index in [1.165, 1.54) is 180 Å². The molecule has 308 valence electrons. The smallest absolute Gasteiger partial charge is 0.306 e. The van der Waals surface area contributed by atoms with Gasteiger partial charge in [-0.1, -0.05) is 219 Å². The lowest BCUT2D eigenvalue weighted by atomic mass is 10.0. The lowest BCUT2D eigenvalue weighted by Crippen LogP contribution is -2.18. The van der Waals surface area contributed by atoms with Crippen molar-refractivity contribution in [1.29, 1.82) is 0 Å². The molecular weight excluding hydrogens is 641 g/mol. The van der Waals surface area contributed by atoms with Gasteiger partial charge in [0, 0.05) is 12.8 Å². The highest BCUT2D eigenvalue weighted by atomic mass is 16.5. The first kappa shape index (κ1) is 50.7. The van der Waals surface area contributed by atoms with Crippen molar-refractivity contribution in [3.63, 3.8) is 0 Å². The molecule has 4 nitrogen and oxygen atoms in total. The van der Waals surface area contributed by atoms with Crippen LogP contribution in [0.15, 0.2) is 12.2 Å². The molecule has 0 bridgehead atoms. The molecule has 0 fully saturated rings. The van der Waals surface area contributed by atoms with Gasteiger partial charge in [-0.05, 0) is 57.8 Å². The molecule has 52 heavy (non-hydrogen) atoms. The maximum atomic E-state index is 12.7. The monoisotopic (exact) mass is 733 g/mol. The summed E-state index contributed by atoms with van der Waals surface area (Å²) in [5, 5.41) is 8.84. The summed E-state index contributed by atoms with van der Waals surface area (Å²) in [6, 6.07) is 0. The van der Waals surface area contributed by atoms with E-state index in [2.05, 4.69) is 26.0 Å². The second kappa shape index (κ2) is 44.1. The standard InChI is InChI=1S/C48H92O4/c1-3-5-7-9-11-13-15-16-17-18-19-20-21-22-23-24-25-26-28-30-32-37-41-45-48(51)52-46(43-39-35-33-36-40-44-47(49)50)42-38-34-31-29-27-14-12-10-8-6-4-2/h29,31,46H,3-28,30,32-45H2,1-2H3,(H,49,50)/b31-29-. The molecule has 0 aromatic rings. The molecule has 1 unspecified atom stereocenters. The number of carbonyl (C=O) groups excluding carboxylic acids is 1. The van der Waals surface area contributed by atoms with Crippen LogP contribution < -0.4 is 0 Å². The van der Waals surface area contributed by atoms with Gasteiger partial charge in [0.15, 0.2) is 0 Å². The summed E-state index contributed by atoms with van der Waals surface area (Å²) in [6.45, 7) is 4.56. The molecule has 0 amide bonds. The minimum atomic E-state index is -0.700. The Bertz CT molecular complexity index is 747. The van der Waals surface area contributed by atoms with Gasteiger partial charge in [-0.2, -0.15) is 0 Å². The molecule has 0 heterocycles. The molecule has 0 rings (SSSR count). The molecule has 1 atom stereocenters. The lowest BCUT2D eigenvalue weighted by Gasteiger charge is -2.18. The van der Waals surface area contributed by atoms with Crippen LogP contribution in [0.3, 0.4) is 0 Å². The van der Waals surface area contributed by atoms with Crippen molar-refractivity contribution < 1.29 is 19.4 Å². The van der Waals surface area contributed by atoms with Gasteiger partial charge in [-0.25, -0.2) is 0 Å². The summed E-state index contributed by atoms with van der Waals surface area (Å²) in [6.07, 6.45) is 55.5. The summed E-state index contributed by atoms with van der Waals surface area (Å²) in [7, 11) is 0. The zero-order valence-corrected chi connectivity index (χ0v) is 35.4. The number of allylic oxidation sites excluding steroid dienone is 2. The second-order valence-electron chi connectivity index (χ2n) is 16.3. The number of hydrogen-bond acceptors (Lipinski definition) is 3. The summed E-state index contributed by atoms with van der Waals surface area (Å²) in [5.74, 6) is -0.706. The van der Waals surface area contributed by atoms with E-state index in [1.54, 1.807) is 0 Å². The molecule has 0 aliphatic heterocycles. The Hall–Kier alpha value is -1.32. The first-order valence-corrected chi connectivity index (χ1v) is 23.7. The highest BCUT2D eigenvalue weighted by Gasteiger charge is 2.14. The van der Waals surface area contributed by atoms with Crippen molar-refractivity contribution >= 4 is 11.9 Å². The molecular formula is C48H92O4. The lowest BCUT2D eigenvalue weighted by molar-refractivity contribution is -0.150. The Morgan fingerprint density at radius 1 is 0.404 bits per heavy atom. The molecule has 0 saturated heterocycles. The molecule has 1 N–H and O–H groups in total. The van der Waals surface area contributed by atoms with E-state index in [-0.39, 0.29) is 18.5 Å². The van der Waals surface area contributed by atoms with Gasteiger partial charge in [0.05, 0.1) is 0 Å². The normalized spacial score (nSPS) is 12.2. The third-order valence-corrected chi connectivity index (χ3v) is 11.0. The number of esters is 1. The highest BCUT2D eigenvalue weighted by Crippen LogP contribution is 2.19. The van der Waals surface area contributed by atoms with Gasteiger partial charge in [-0.15, -0.1) is 0 Å². The average molecular weight is 733 g/mol. The molecule has 4 heteroatoms. The van der Waals surface area contributed by atoms with E-state index in [4.69, 9.17) is 9.84 Å². The predicted molar refractivity (Wildman–Crippen MR) is 227 cm³/mol. The van der Waals surface area contributed by atoms with Gasteiger partial charge >= 0.3 is 11.9 Å². The Balaban J connectivity index is 3.83. The fraction of sp³-hybridized carbons (Fsp3) is 0.917. The molecule has 0 radical (unpaired) electrons. The van der Waals surface area contributed by atoms with Crippen LogP contribution in [0, 0.1) is 0 Å². The largest absolute Gasteiger partial charge is 0.481 e. The molecule has 0 aromatic carbocycles. The van der Waals surface area contributed by atoms with Gasteiger partial charge in [0.1, 0.15) is 6.10 Å². The van der Waals surface area contributed by atoms with Gasteiger partial charge in [-0.3, -0.25) is 9.59 Å². The van der Waals surface area contributed by atoms with Crippen molar-refractivity contribution in [1.82, 2.24) is 0 Å². The maximum Gasteiger partial charge on any atom is 0.306 e. The number of unbranched alkanes of at least 4 members (excludes halogenated alkanes) is 33. The van der Waals surface area contributed by atoms with E-state index in [0.29, 0.717) is 6.42 Å². The third-order valence-electron chi connectivity index (χ3n) is 11.0. The number of carboxylic acid groups (broad SMARTS) is 1. The van der Waals surface area contributed by atoms with Crippen LogP contribution in [0.1, 0.15) is 277 Å². The summed E-state index contributed by atoms with van der Waals surface area (Å²) >= 11 is 0. The number of ether oxygens (including phenoxy) is 1. The molecule has 0 aliphatic rings. The van der Waals surface area contributed by atoms with Crippen LogP contribution in [0.25, 0.3) is 0 Å². The Morgan fingerprint density at radius 3 is 1.12 bits per heavy atom. The molecule has 0 aromatic heterocycles. The molecule has 0 saturated carbocycles. The van der Waals surface area contributed by atoms with Crippen LogP contribution in [0.5, 0.6) is 0 Å². The fourth-order valence-corrected chi connectivity index (χ4v) is 7.48. The third kappa shape index (κ3) is 43.1. The van der Waals surface area contributed by atoms with Crippen LogP contribution in [0.4, 0.5) is 0 Å². The zero-order chi connectivity index (χ0) is 37.8. The summed E-state index contributed by atoms with van der Waals surface area (Å²) in [4.78, 5) is 23.5. The van der Waals surface area contributed by atoms with E-state index in [1.807, 2.05) is 0 Å². The van der Waals surface area contributed by atoms with Crippen LogP contribution in [0.2, 0.25) is 0 Å². The topological polar surface area (TPSA) is 63.6 Å². The van der Waals surface area contributed by atoms with Crippen molar-refractivity contribution in [2.75, 3.05) is 0 Å². The number of carbonyl (C=O) groups is 2. The van der Waals surface area contributed by atoms with Crippen molar-refractivity contribution in [3.05, 3.63) is 12.2 Å². The van der Waals surface area contributed by atoms with Crippen LogP contribution >= 0.6 is 0 Å². The Kier molecular flexibility index (Phi) is 43.0. The van der Waals surface area contributed by atoms with Crippen molar-refractivity contribution in [2.24, 2.45) is 0 Å². The van der Waals surface area contributed by atoms with Crippen LogP contribution in [-0.4, -0.2) is 23.1 Å². The number of aliphatic carboxylic acids is 1. The number of carboxylic acids is 1. The number of hydrogen-bond donors (Lipinski definition) is 1. The maximum absolute atomic E-state index is 12.7. The summed E-state index contributed by atoms with van der Waals surface area (Å²) < 4.78 is 6.01. The predicted octanol–water partition coefficient (Wildman–Crippen LogP) is 16.6. The van der Waals surface area contributed by atoms with Gasteiger partial charge in [0.25, 0.3) is 0 Å². The molecule has 0 aliphatic carbocycles. The Morgan fingerprint density at radius 2 is 0.712 bits per heavy atom. The van der Waals surface area contributed by atoms with Gasteiger partial charge < -0.3 is 9.84 Å². The zero-order valence-electron chi connectivity index (χ0n) is 35.4. The minimum absolute atomic E-state index is 0.00595. The van der Waals surface area contributed by atoms with Crippen molar-refractivity contribution in [3.8, 4) is 0 Å². The summed E-state index contributed by atoms with van der Waals surface area (Å²) in [5.41, 5.74) is 0. The average Bonchev–Trinajstić information content (AvgIpc) is 3.13. The number of rotatable bonds is 44. The van der Waals surface area contributed by atoms with Gasteiger partial charge in [0.2, 0.25) is 0 Å². The van der Waals surface area contributed by atoms with E-state index in [9.17, 15) is 9.59 Å². The second-order valence-corrected chi connectivity index (χ2v) is 16.3. The van der Waals surface area contributed by atoms with Crippen LogP contribution in [-0.2, 0) is 14.3 Å². The van der Waals surface area contributed by atoms with E-state index < -0.39 is 5.97 Å². The quantitative estimate of drug-likeness (QED) is 0.0385. The highest BCUT2D eigenvalue weighted by molar-refractivity contribution is 5.69. The van der Waals surface area contributed by atoms with E-state index >= 15 is 0 Å². The van der Waals surface area contributed by atoms with E-state index in [0.717, 1.165) is 70.6 Å². The minimum Gasteiger partial charge on any atom is -0.481 e.